The maximum absolute atomic E-state index is 14.5. The number of nitrogens with zero attached hydrogens (tertiary/aromatic N) is 2. The normalized spacial score (nSPS) is 25.0. The Bertz CT molecular complexity index is 1960. The van der Waals surface area contributed by atoms with Gasteiger partial charge in [0.25, 0.3) is 5.91 Å². The van der Waals surface area contributed by atoms with Gasteiger partial charge in [0.2, 0.25) is 27.7 Å². The third-order valence-electron chi connectivity index (χ3n) is 9.04. The molecule has 2 aromatic rings. The molecule has 51 heavy (non-hydrogen) atoms. The van der Waals surface area contributed by atoms with Gasteiger partial charge in [0.1, 0.15) is 35.1 Å². The lowest BCUT2D eigenvalue weighted by Gasteiger charge is -2.36. The van der Waals surface area contributed by atoms with Crippen molar-refractivity contribution in [3.63, 3.8) is 0 Å². The molecule has 1 saturated heterocycles. The van der Waals surface area contributed by atoms with E-state index in [0.717, 1.165) is 0 Å². The number of hydrogen-bond donors (Lipinski definition) is 3. The molecule has 0 bridgehead atoms. The first kappa shape index (κ1) is 34.0. The topological polar surface area (TPSA) is 182 Å². The summed E-state index contributed by atoms with van der Waals surface area (Å²) in [6.45, 7) is 13.8. The van der Waals surface area contributed by atoms with Crippen molar-refractivity contribution >= 4 is 56.2 Å². The van der Waals surface area contributed by atoms with E-state index < -0.39 is 86.8 Å². The number of methoxy groups -OCH3 is 1. The van der Waals surface area contributed by atoms with E-state index in [4.69, 9.17) is 29.9 Å². The van der Waals surface area contributed by atoms with Crippen molar-refractivity contribution < 1.29 is 45.9 Å². The van der Waals surface area contributed by atoms with E-state index in [2.05, 4.69) is 26.9 Å². The number of benzene rings is 1. The van der Waals surface area contributed by atoms with Crippen LogP contribution in [-0.4, -0.2) is 90.3 Å². The second kappa shape index (κ2) is 13.8. The van der Waals surface area contributed by atoms with E-state index in [0.29, 0.717) is 23.6 Å². The van der Waals surface area contributed by atoms with E-state index >= 15 is 0 Å². The summed E-state index contributed by atoms with van der Waals surface area (Å²) in [5, 5.41) is 5.61. The second-order valence-corrected chi connectivity index (χ2v) is 17.7. The van der Waals surface area contributed by atoms with Crippen LogP contribution in [0.15, 0.2) is 37.1 Å². The van der Waals surface area contributed by atoms with E-state index in [9.17, 15) is 27.6 Å². The summed E-state index contributed by atoms with van der Waals surface area (Å²) in [4.78, 5) is 60.7. The Hall–Kier alpha value is -4.11. The number of ether oxygens (including phenoxy) is 3. The number of hydrogen-bond acceptors (Lipinski definition) is 10. The number of amides is 4. The van der Waals surface area contributed by atoms with Crippen LogP contribution in [0.3, 0.4) is 0 Å². The third-order valence-corrected chi connectivity index (χ3v) is 11.1. The van der Waals surface area contributed by atoms with Gasteiger partial charge in [0.05, 0.1) is 29.1 Å². The summed E-state index contributed by atoms with van der Waals surface area (Å²) in [6, 6.07) is 2.13. The molecule has 5 atom stereocenters. The molecule has 2 saturated carbocycles. The number of nitrogens with one attached hydrogen (secondary N) is 3. The highest BCUT2D eigenvalue weighted by Crippen LogP contribution is 2.45. The molecule has 0 spiro atoms. The minimum absolute atomic E-state index is 0.0122. The van der Waals surface area contributed by atoms with Gasteiger partial charge < -0.3 is 29.7 Å². The molecular weight excluding hydrogens is 702 g/mol. The van der Waals surface area contributed by atoms with Gasteiger partial charge in [-0.05, 0) is 63.6 Å². The Morgan fingerprint density at radius 2 is 1.86 bits per heavy atom. The number of fused-ring (bicyclic) bond motifs is 1. The van der Waals surface area contributed by atoms with Crippen LogP contribution in [0.1, 0.15) is 71.3 Å². The maximum atomic E-state index is 14.5. The van der Waals surface area contributed by atoms with Crippen LogP contribution in [0.25, 0.3) is 10.8 Å². The fraction of sp³-hybridized carbons (Fsp3) is 0.571. The zero-order chi connectivity index (χ0) is 40.2. The average Bonchev–Trinajstić information content (AvgIpc) is 3.95. The van der Waals surface area contributed by atoms with E-state index in [1.165, 1.54) is 29.3 Å². The molecule has 0 unspecified atom stereocenters. The van der Waals surface area contributed by atoms with Crippen LogP contribution in [0, 0.1) is 11.3 Å². The van der Waals surface area contributed by atoms with Crippen molar-refractivity contribution in [3.05, 3.63) is 42.1 Å². The van der Waals surface area contributed by atoms with Gasteiger partial charge in [-0.3, -0.25) is 19.1 Å². The molecular formula is C35H46ClN5O9S. The van der Waals surface area contributed by atoms with Crippen LogP contribution < -0.4 is 24.8 Å². The lowest BCUT2D eigenvalue weighted by Crippen LogP contribution is -2.60. The van der Waals surface area contributed by atoms with Crippen molar-refractivity contribution in [1.82, 2.24) is 25.2 Å². The maximum Gasteiger partial charge on any atom is 0.408 e. The molecule has 278 valence electrons. The number of halogens is 1. The molecule has 14 nitrogen and oxygen atoms in total. The fourth-order valence-electron chi connectivity index (χ4n) is 6.13. The zero-order valence-corrected chi connectivity index (χ0v) is 30.9. The predicted octanol–water partition coefficient (Wildman–Crippen LogP) is 3.85. The van der Waals surface area contributed by atoms with Gasteiger partial charge in [-0.2, -0.15) is 0 Å². The minimum Gasteiger partial charge on any atom is -0.494 e. The average molecular weight is 751 g/mol. The number of sulfonamides is 1. The molecule has 16 heteroatoms. The van der Waals surface area contributed by atoms with Gasteiger partial charge in [-0.25, -0.2) is 18.2 Å². The fourth-order valence-corrected chi connectivity index (χ4v) is 7.67. The number of pyridine rings is 1. The number of carbonyl (C=O) groups excluding carboxylic acids is 4. The van der Waals surface area contributed by atoms with Crippen LogP contribution in [0.5, 0.6) is 11.6 Å². The standard InChI is InChI=1S/C35H46ClN5O9S/c1-9-19-16-35(19,31(44)40-51(46,47)22-11-12-22)39-28(42)25-15-21(49-29-24-14-20(36)10-13-23(24)26(48-8)17-37-29)18-41(25)30(43)27(33(2,3)4)38-32(45)50-34(5,6)7/h9-10,13-14,17,19,21-22,25,27H,1,11-12,15-16,18H2,2-8H3,(H,38,45)(H,39,42)(H,40,44)/t19-,21-,25+,27-,35-/m1/s1/i8D3. The number of carbonyl (C=O) groups is 4. The SMILES string of the molecule is [2H]C([2H])([2H])Oc1cnc(O[C@@H]2C[C@@H](C(=O)N[C@]3(C(=O)NS(=O)(=O)C4CC4)C[C@H]3C=C)N(C(=O)[C@@H](NC(=O)OC(C)(C)C)C(C)(C)C)C2)c2cc(Cl)ccc12. The summed E-state index contributed by atoms with van der Waals surface area (Å²) in [7, 11) is -6.72. The van der Waals surface area contributed by atoms with Crippen molar-refractivity contribution in [2.75, 3.05) is 13.6 Å². The van der Waals surface area contributed by atoms with Crippen molar-refractivity contribution in [2.24, 2.45) is 11.3 Å². The van der Waals surface area contributed by atoms with Crippen molar-refractivity contribution in [1.29, 1.82) is 0 Å². The second-order valence-electron chi connectivity index (χ2n) is 15.3. The first-order valence-electron chi connectivity index (χ1n) is 18.1. The largest absolute Gasteiger partial charge is 0.494 e. The smallest absolute Gasteiger partial charge is 0.408 e. The molecule has 5 rings (SSSR count). The first-order valence-corrected chi connectivity index (χ1v) is 18.5. The zero-order valence-electron chi connectivity index (χ0n) is 32.4. The lowest BCUT2D eigenvalue weighted by molar-refractivity contribution is -0.143. The van der Waals surface area contributed by atoms with Crippen molar-refractivity contribution in [2.45, 2.75) is 102 Å². The van der Waals surface area contributed by atoms with Crippen LogP contribution >= 0.6 is 11.6 Å². The van der Waals surface area contributed by atoms with E-state index in [-0.39, 0.29) is 36.0 Å². The Labute approximate surface area is 307 Å². The minimum atomic E-state index is -3.95. The molecule has 2 heterocycles. The van der Waals surface area contributed by atoms with Crippen LogP contribution in [-0.2, 0) is 29.1 Å². The van der Waals surface area contributed by atoms with Crippen LogP contribution in [0.2, 0.25) is 5.02 Å². The van der Waals surface area contributed by atoms with Gasteiger partial charge in [-0.15, -0.1) is 6.58 Å². The highest BCUT2D eigenvalue weighted by Gasteiger charge is 2.62. The molecule has 4 amide bonds. The monoisotopic (exact) mass is 750 g/mol. The number of rotatable bonds is 11. The number of likely N-dealkylation sites (tertiary alicyclic amines) is 1. The molecule has 3 fully saturated rings. The lowest BCUT2D eigenvalue weighted by atomic mass is 9.85. The van der Waals surface area contributed by atoms with Gasteiger partial charge in [-0.1, -0.05) is 38.4 Å². The van der Waals surface area contributed by atoms with E-state index in [1.54, 1.807) is 47.6 Å². The highest BCUT2D eigenvalue weighted by atomic mass is 35.5. The molecule has 1 aliphatic heterocycles. The summed E-state index contributed by atoms with van der Waals surface area (Å²) in [5.41, 5.74) is -3.38. The van der Waals surface area contributed by atoms with Gasteiger partial charge >= 0.3 is 6.09 Å². The molecule has 2 aliphatic carbocycles. The first-order chi connectivity index (χ1) is 24.8. The third kappa shape index (κ3) is 8.35. The molecule has 1 aromatic carbocycles. The van der Waals surface area contributed by atoms with Gasteiger partial charge in [0, 0.05) is 28.1 Å². The number of alkyl carbamates (subject to hydrolysis) is 1. The Balaban J connectivity index is 1.48. The van der Waals surface area contributed by atoms with Crippen LogP contribution in [0.4, 0.5) is 4.79 Å². The Morgan fingerprint density at radius 3 is 2.45 bits per heavy atom. The Kier molecular flexibility index (Phi) is 9.19. The highest BCUT2D eigenvalue weighted by molar-refractivity contribution is 7.91. The molecule has 3 aliphatic rings. The van der Waals surface area contributed by atoms with E-state index in [1.807, 2.05) is 0 Å². The summed E-state index contributed by atoms with van der Waals surface area (Å²) >= 11 is 6.30. The summed E-state index contributed by atoms with van der Waals surface area (Å²) < 4.78 is 67.0. The molecule has 1 aromatic heterocycles. The summed E-state index contributed by atoms with van der Waals surface area (Å²) in [5.74, 6) is -2.93. The van der Waals surface area contributed by atoms with Gasteiger partial charge in [0.15, 0.2) is 0 Å². The molecule has 3 N–H and O–H groups in total. The quantitative estimate of drug-likeness (QED) is 0.285. The van der Waals surface area contributed by atoms with Crippen molar-refractivity contribution in [3.8, 4) is 11.6 Å². The molecule has 0 radical (unpaired) electrons. The number of aromatic nitrogens is 1. The summed E-state index contributed by atoms with van der Waals surface area (Å²) in [6.07, 6.45) is 1.70. The Morgan fingerprint density at radius 1 is 1.16 bits per heavy atom. The predicted molar refractivity (Wildman–Crippen MR) is 190 cm³/mol.